The Morgan fingerprint density at radius 3 is 2.74 bits per heavy atom. The van der Waals surface area contributed by atoms with Crippen LogP contribution in [0.2, 0.25) is 0 Å². The summed E-state index contributed by atoms with van der Waals surface area (Å²) >= 11 is 16.4. The lowest BCUT2D eigenvalue weighted by Crippen LogP contribution is -2.33. The maximum atomic E-state index is 14.1. The summed E-state index contributed by atoms with van der Waals surface area (Å²) in [6.07, 6.45) is 2.86. The van der Waals surface area contributed by atoms with Gasteiger partial charge in [-0.3, -0.25) is 4.79 Å². The molecule has 9 heteroatoms. The number of aliphatic hydroxyl groups excluding tert-OH is 1. The van der Waals surface area contributed by atoms with Crippen LogP contribution in [0.3, 0.4) is 0 Å². The predicted molar refractivity (Wildman–Crippen MR) is 86.3 cm³/mol. The van der Waals surface area contributed by atoms with Crippen LogP contribution < -0.4 is 5.32 Å². The smallest absolute Gasteiger partial charge is 0.223 e. The summed E-state index contributed by atoms with van der Waals surface area (Å²) in [4.78, 5) is 15.5. The van der Waals surface area contributed by atoms with Crippen molar-refractivity contribution in [3.63, 3.8) is 0 Å². The van der Waals surface area contributed by atoms with Crippen LogP contribution in [0.15, 0.2) is 36.9 Å². The van der Waals surface area contributed by atoms with Gasteiger partial charge in [-0.05, 0) is 17.7 Å². The molecule has 23 heavy (non-hydrogen) atoms. The van der Waals surface area contributed by atoms with Crippen molar-refractivity contribution in [2.45, 2.75) is 22.9 Å². The Morgan fingerprint density at radius 1 is 1.43 bits per heavy atom. The highest BCUT2D eigenvalue weighted by Gasteiger charge is 2.32. The van der Waals surface area contributed by atoms with Crippen molar-refractivity contribution in [2.75, 3.05) is 0 Å². The highest BCUT2D eigenvalue weighted by Crippen LogP contribution is 2.31. The van der Waals surface area contributed by atoms with Crippen LogP contribution in [-0.2, 0) is 11.3 Å². The summed E-state index contributed by atoms with van der Waals surface area (Å²) in [7, 11) is 0. The van der Waals surface area contributed by atoms with Crippen molar-refractivity contribution in [3.8, 4) is 5.69 Å². The number of halogens is 4. The van der Waals surface area contributed by atoms with Crippen LogP contribution >= 0.6 is 34.8 Å². The van der Waals surface area contributed by atoms with Gasteiger partial charge in [-0.1, -0.05) is 40.9 Å². The first-order valence-corrected chi connectivity index (χ1v) is 7.69. The molecular weight excluding hydrogens is 368 g/mol. The fraction of sp³-hybridized carbons (Fsp3) is 0.286. The molecule has 2 N–H and O–H groups in total. The largest absolute Gasteiger partial charge is 0.388 e. The van der Waals surface area contributed by atoms with E-state index in [0.29, 0.717) is 11.3 Å². The Labute approximate surface area is 147 Å². The zero-order chi connectivity index (χ0) is 17.0. The minimum Gasteiger partial charge on any atom is -0.388 e. The SMILES string of the molecule is O=C(CC(O)C(Cl)(Cl)Cl)NCc1ccc(-n2ccnc2)c(F)c1. The second kappa shape index (κ2) is 7.49. The maximum absolute atomic E-state index is 14.1. The molecule has 0 aliphatic rings. The lowest BCUT2D eigenvalue weighted by atomic mass is 10.2. The molecule has 0 aliphatic carbocycles. The van der Waals surface area contributed by atoms with Gasteiger partial charge < -0.3 is 15.0 Å². The van der Waals surface area contributed by atoms with E-state index in [2.05, 4.69) is 10.3 Å². The minimum absolute atomic E-state index is 0.0898. The number of carbonyl (C=O) groups is 1. The van der Waals surface area contributed by atoms with Gasteiger partial charge in [0.05, 0.1) is 18.4 Å². The zero-order valence-electron chi connectivity index (χ0n) is 11.7. The van der Waals surface area contributed by atoms with Crippen LogP contribution in [0.4, 0.5) is 4.39 Å². The predicted octanol–water partition coefficient (Wildman–Crippen LogP) is 2.75. The van der Waals surface area contributed by atoms with Gasteiger partial charge in [0.25, 0.3) is 0 Å². The first-order valence-electron chi connectivity index (χ1n) is 6.55. The average molecular weight is 381 g/mol. The first-order chi connectivity index (χ1) is 10.8. The highest BCUT2D eigenvalue weighted by molar-refractivity contribution is 6.68. The van der Waals surface area contributed by atoms with E-state index in [0.717, 1.165) is 0 Å². The fourth-order valence-corrected chi connectivity index (χ4v) is 2.07. The number of aromatic nitrogens is 2. The van der Waals surface area contributed by atoms with E-state index in [1.807, 2.05) is 0 Å². The molecule has 0 bridgehead atoms. The molecule has 0 radical (unpaired) electrons. The van der Waals surface area contributed by atoms with E-state index in [9.17, 15) is 14.3 Å². The second-order valence-corrected chi connectivity index (χ2v) is 7.16. The van der Waals surface area contributed by atoms with Gasteiger partial charge in [0.2, 0.25) is 9.70 Å². The Hall–Kier alpha value is -1.34. The number of carbonyl (C=O) groups excluding carboxylic acids is 1. The van der Waals surface area contributed by atoms with Crippen molar-refractivity contribution >= 4 is 40.7 Å². The van der Waals surface area contributed by atoms with Crippen molar-refractivity contribution in [1.29, 1.82) is 0 Å². The molecule has 0 saturated heterocycles. The van der Waals surface area contributed by atoms with E-state index >= 15 is 0 Å². The van der Waals surface area contributed by atoms with Crippen LogP contribution in [0.5, 0.6) is 0 Å². The summed E-state index contributed by atoms with van der Waals surface area (Å²) < 4.78 is 13.7. The topological polar surface area (TPSA) is 67.2 Å². The molecule has 2 rings (SSSR count). The standard InChI is InChI=1S/C14H13Cl3FN3O2/c15-14(16,17)12(22)6-13(23)20-7-9-1-2-11(10(18)5-9)21-4-3-19-8-21/h1-5,8,12,22H,6-7H2,(H,20,23). The van der Waals surface area contributed by atoms with Crippen LogP contribution in [0.25, 0.3) is 5.69 Å². The molecule has 5 nitrogen and oxygen atoms in total. The summed E-state index contributed by atoms with van der Waals surface area (Å²) in [6, 6.07) is 4.56. The molecule has 1 aromatic heterocycles. The third-order valence-corrected chi connectivity index (χ3v) is 3.80. The van der Waals surface area contributed by atoms with E-state index in [-0.39, 0.29) is 13.0 Å². The number of hydrogen-bond acceptors (Lipinski definition) is 3. The number of aliphatic hydroxyl groups is 1. The van der Waals surface area contributed by atoms with Gasteiger partial charge in [0.1, 0.15) is 11.9 Å². The van der Waals surface area contributed by atoms with Crippen LogP contribution in [0.1, 0.15) is 12.0 Å². The monoisotopic (exact) mass is 379 g/mol. The van der Waals surface area contributed by atoms with Crippen molar-refractivity contribution in [2.24, 2.45) is 0 Å². The van der Waals surface area contributed by atoms with Gasteiger partial charge in [-0.2, -0.15) is 0 Å². The summed E-state index contributed by atoms with van der Waals surface area (Å²) in [5.41, 5.74) is 0.910. The van der Waals surface area contributed by atoms with Crippen molar-refractivity contribution < 1.29 is 14.3 Å². The van der Waals surface area contributed by atoms with Crippen molar-refractivity contribution in [3.05, 3.63) is 48.3 Å². The van der Waals surface area contributed by atoms with Gasteiger partial charge >= 0.3 is 0 Å². The first kappa shape index (κ1) is 18.0. The summed E-state index contributed by atoms with van der Waals surface area (Å²) in [5.74, 6) is -0.959. The molecule has 0 aliphatic heterocycles. The Morgan fingerprint density at radius 2 is 2.17 bits per heavy atom. The fourth-order valence-electron chi connectivity index (χ4n) is 1.84. The number of imidazole rings is 1. The van der Waals surface area contributed by atoms with Gasteiger partial charge in [-0.15, -0.1) is 0 Å². The Balaban J connectivity index is 1.94. The molecule has 1 heterocycles. The summed E-state index contributed by atoms with van der Waals surface area (Å²) in [6.45, 7) is 0.0898. The zero-order valence-corrected chi connectivity index (χ0v) is 14.0. The number of rotatable bonds is 5. The van der Waals surface area contributed by atoms with Crippen molar-refractivity contribution in [1.82, 2.24) is 14.9 Å². The average Bonchev–Trinajstić information content (AvgIpc) is 2.98. The Bertz CT molecular complexity index is 674. The quantitative estimate of drug-likeness (QED) is 0.784. The number of nitrogens with one attached hydrogen (secondary N) is 1. The summed E-state index contributed by atoms with van der Waals surface area (Å²) in [5, 5.41) is 12.0. The molecule has 2 aromatic rings. The minimum atomic E-state index is -1.93. The van der Waals surface area contributed by atoms with Crippen LogP contribution in [0, 0.1) is 5.82 Å². The Kier molecular flexibility index (Phi) is 5.86. The van der Waals surface area contributed by atoms with Crippen LogP contribution in [-0.4, -0.2) is 30.5 Å². The molecule has 0 fully saturated rings. The van der Waals surface area contributed by atoms with E-state index in [1.165, 1.54) is 17.0 Å². The van der Waals surface area contributed by atoms with E-state index < -0.39 is 21.6 Å². The number of amides is 1. The number of alkyl halides is 3. The molecule has 1 aromatic carbocycles. The number of nitrogens with zero attached hydrogens (tertiary/aromatic N) is 2. The van der Waals surface area contributed by atoms with E-state index in [4.69, 9.17) is 34.8 Å². The molecular formula is C14H13Cl3FN3O2. The molecule has 124 valence electrons. The number of hydrogen-bond donors (Lipinski definition) is 2. The lowest BCUT2D eigenvalue weighted by Gasteiger charge is -2.18. The molecule has 1 unspecified atom stereocenters. The second-order valence-electron chi connectivity index (χ2n) is 4.79. The molecule has 0 saturated carbocycles. The lowest BCUT2D eigenvalue weighted by molar-refractivity contribution is -0.123. The van der Waals surface area contributed by atoms with Gasteiger partial charge in [0.15, 0.2) is 0 Å². The normalized spacial score (nSPS) is 12.9. The van der Waals surface area contributed by atoms with Gasteiger partial charge in [0, 0.05) is 18.9 Å². The highest BCUT2D eigenvalue weighted by atomic mass is 35.6. The number of benzene rings is 1. The molecule has 0 spiro atoms. The molecule has 1 amide bonds. The molecule has 1 atom stereocenters. The third kappa shape index (κ3) is 5.07. The van der Waals surface area contributed by atoms with E-state index in [1.54, 1.807) is 24.5 Å². The maximum Gasteiger partial charge on any atom is 0.223 e. The van der Waals surface area contributed by atoms with Gasteiger partial charge in [-0.25, -0.2) is 9.37 Å². The third-order valence-electron chi connectivity index (χ3n) is 3.04.